The van der Waals surface area contributed by atoms with Gasteiger partial charge >= 0.3 is 0 Å². The van der Waals surface area contributed by atoms with Crippen molar-refractivity contribution in [2.75, 3.05) is 0 Å². The topological polar surface area (TPSA) is 25.8 Å². The number of hydrogen-bond donors (Lipinski definition) is 0. The molecule has 0 aliphatic heterocycles. The second-order valence-corrected chi connectivity index (χ2v) is 12.2. The average molecular weight is 545 g/mol. The van der Waals surface area contributed by atoms with E-state index in [0.717, 1.165) is 34.2 Å². The van der Waals surface area contributed by atoms with Gasteiger partial charge in [-0.05, 0) is 48.9 Å². The van der Waals surface area contributed by atoms with Crippen molar-refractivity contribution >= 4 is 22.7 Å². The number of aromatic nitrogens is 2. The zero-order chi connectivity index (χ0) is 26.4. The number of nitrogens with zero attached hydrogens (tertiary/aromatic N) is 2. The fourth-order valence-electron chi connectivity index (χ4n) is 5.00. The summed E-state index contributed by atoms with van der Waals surface area (Å²) in [6.45, 7) is 4.55. The van der Waals surface area contributed by atoms with Gasteiger partial charge in [-0.2, -0.15) is 0 Å². The lowest BCUT2D eigenvalue weighted by Gasteiger charge is -2.04. The first-order chi connectivity index (χ1) is 18.8. The predicted molar refractivity (Wildman–Crippen MR) is 168 cm³/mol. The first-order valence-electron chi connectivity index (χ1n) is 14.9. The third-order valence-electron chi connectivity index (χ3n) is 7.27. The summed E-state index contributed by atoms with van der Waals surface area (Å²) in [5.41, 5.74) is 7.40. The van der Waals surface area contributed by atoms with Crippen molar-refractivity contribution in [3.05, 3.63) is 70.4 Å². The van der Waals surface area contributed by atoms with E-state index in [0.29, 0.717) is 0 Å². The molecule has 2 aromatic heterocycles. The van der Waals surface area contributed by atoms with E-state index in [1.807, 2.05) is 0 Å². The number of unbranched alkanes of at least 4 members (excludes halogenated alkanes) is 10. The molecule has 0 aliphatic carbocycles. The van der Waals surface area contributed by atoms with Crippen molar-refractivity contribution in [3.63, 3.8) is 0 Å². The Balaban J connectivity index is 1.34. The molecule has 0 atom stereocenters. The van der Waals surface area contributed by atoms with Gasteiger partial charge in [-0.1, -0.05) is 114 Å². The molecule has 0 amide bonds. The minimum atomic E-state index is 1.01. The quantitative estimate of drug-likeness (QED) is 0.124. The van der Waals surface area contributed by atoms with Crippen molar-refractivity contribution < 1.29 is 0 Å². The monoisotopic (exact) mass is 544 g/mol. The third kappa shape index (κ3) is 8.88. The van der Waals surface area contributed by atoms with Gasteiger partial charge < -0.3 is 0 Å². The fraction of sp³-hybridized carbons (Fsp3) is 0.471. The van der Waals surface area contributed by atoms with Crippen LogP contribution in [-0.2, 0) is 12.8 Å². The van der Waals surface area contributed by atoms with Crippen molar-refractivity contribution in [2.24, 2.45) is 0 Å². The number of benzene rings is 2. The van der Waals surface area contributed by atoms with Crippen LogP contribution < -0.4 is 0 Å². The van der Waals surface area contributed by atoms with E-state index in [1.54, 1.807) is 22.7 Å². The summed E-state index contributed by atoms with van der Waals surface area (Å²) in [4.78, 5) is 9.97. The molecule has 0 aliphatic rings. The molecule has 0 bridgehead atoms. The Hall–Kier alpha value is -2.30. The summed E-state index contributed by atoms with van der Waals surface area (Å²) in [5.74, 6) is 0. The highest BCUT2D eigenvalue weighted by Crippen LogP contribution is 2.34. The number of rotatable bonds is 17. The molecule has 4 rings (SSSR count). The predicted octanol–water partition coefficient (Wildman–Crippen LogP) is 11.4. The highest BCUT2D eigenvalue weighted by atomic mass is 32.1. The van der Waals surface area contributed by atoms with Gasteiger partial charge in [0.25, 0.3) is 0 Å². The molecule has 0 fully saturated rings. The highest BCUT2D eigenvalue weighted by molar-refractivity contribution is 7.20. The number of thiazole rings is 2. The van der Waals surface area contributed by atoms with Crippen LogP contribution in [0.25, 0.3) is 32.5 Å². The van der Waals surface area contributed by atoms with E-state index in [2.05, 4.69) is 73.1 Å². The van der Waals surface area contributed by atoms with E-state index in [-0.39, 0.29) is 0 Å². The standard InChI is InChI=1S/C34H44N2S2/c1-3-5-7-9-11-13-17-27-19-15-21-29(23-27)31-25-37-33(35-31)34-36-32(26-38-34)30-22-16-20-28(24-30)18-14-12-10-8-6-4-2/h15-16,19-26H,3-14,17-18H2,1-2H3. The molecule has 4 heteroatoms. The first kappa shape index (κ1) is 28.7. The van der Waals surface area contributed by atoms with Crippen molar-refractivity contribution in [1.82, 2.24) is 9.97 Å². The van der Waals surface area contributed by atoms with E-state index in [1.165, 1.54) is 99.3 Å². The first-order valence-corrected chi connectivity index (χ1v) is 16.6. The average Bonchev–Trinajstić information content (AvgIpc) is 3.64. The van der Waals surface area contributed by atoms with E-state index >= 15 is 0 Å². The Bertz CT molecular complexity index is 1130. The molecule has 2 aromatic carbocycles. The van der Waals surface area contributed by atoms with Crippen LogP contribution in [0.5, 0.6) is 0 Å². The fourth-order valence-corrected chi connectivity index (χ4v) is 6.71. The van der Waals surface area contributed by atoms with Crippen LogP contribution in [0, 0.1) is 0 Å². The van der Waals surface area contributed by atoms with Crippen molar-refractivity contribution in [2.45, 2.75) is 104 Å². The van der Waals surface area contributed by atoms with Crippen molar-refractivity contribution in [3.8, 4) is 32.5 Å². The van der Waals surface area contributed by atoms with Gasteiger partial charge in [0, 0.05) is 21.9 Å². The SMILES string of the molecule is CCCCCCCCc1cccc(-c2csc(-c3nc(-c4cccc(CCCCCCCC)c4)cs3)n2)c1. The second-order valence-electron chi connectivity index (χ2n) is 10.5. The summed E-state index contributed by atoms with van der Waals surface area (Å²) in [5, 5.41) is 6.39. The lowest BCUT2D eigenvalue weighted by molar-refractivity contribution is 0.607. The Morgan fingerprint density at radius 2 is 0.947 bits per heavy atom. The minimum absolute atomic E-state index is 1.01. The molecule has 0 spiro atoms. The maximum atomic E-state index is 4.98. The Kier molecular flexibility index (Phi) is 12.1. The molecule has 202 valence electrons. The maximum absolute atomic E-state index is 4.98. The van der Waals surface area contributed by atoms with Crippen LogP contribution in [0.4, 0.5) is 0 Å². The number of aryl methyl sites for hydroxylation is 2. The van der Waals surface area contributed by atoms with Gasteiger partial charge in [0.05, 0.1) is 11.4 Å². The molecule has 0 unspecified atom stereocenters. The molecule has 0 saturated heterocycles. The Morgan fingerprint density at radius 3 is 1.39 bits per heavy atom. The van der Waals surface area contributed by atoms with Crippen LogP contribution >= 0.6 is 22.7 Å². The van der Waals surface area contributed by atoms with E-state index in [4.69, 9.17) is 9.97 Å². The normalized spacial score (nSPS) is 11.3. The summed E-state index contributed by atoms with van der Waals surface area (Å²) in [6.07, 6.45) is 18.4. The van der Waals surface area contributed by atoms with Crippen LogP contribution in [0.15, 0.2) is 59.3 Å². The van der Waals surface area contributed by atoms with Gasteiger partial charge in [-0.15, -0.1) is 22.7 Å². The largest absolute Gasteiger partial charge is 0.233 e. The molecule has 2 heterocycles. The third-order valence-corrected chi connectivity index (χ3v) is 9.10. The molecule has 38 heavy (non-hydrogen) atoms. The van der Waals surface area contributed by atoms with Gasteiger partial charge in [0.2, 0.25) is 0 Å². The zero-order valence-electron chi connectivity index (χ0n) is 23.4. The molecule has 2 nitrogen and oxygen atoms in total. The van der Waals surface area contributed by atoms with E-state index < -0.39 is 0 Å². The zero-order valence-corrected chi connectivity index (χ0v) is 25.0. The molecule has 4 aromatic rings. The van der Waals surface area contributed by atoms with Gasteiger partial charge in [-0.25, -0.2) is 9.97 Å². The summed E-state index contributed by atoms with van der Waals surface area (Å²) in [6, 6.07) is 17.9. The summed E-state index contributed by atoms with van der Waals surface area (Å²) >= 11 is 3.40. The molecule has 0 radical (unpaired) electrons. The van der Waals surface area contributed by atoms with Crippen molar-refractivity contribution in [1.29, 1.82) is 0 Å². The molecule has 0 N–H and O–H groups in total. The smallest absolute Gasteiger partial charge is 0.152 e. The minimum Gasteiger partial charge on any atom is -0.233 e. The van der Waals surface area contributed by atoms with Crippen LogP contribution in [-0.4, -0.2) is 9.97 Å². The van der Waals surface area contributed by atoms with Crippen LogP contribution in [0.2, 0.25) is 0 Å². The summed E-state index contributed by atoms with van der Waals surface area (Å²) in [7, 11) is 0. The Labute approximate surface area is 238 Å². The number of hydrogen-bond acceptors (Lipinski definition) is 4. The lowest BCUT2D eigenvalue weighted by atomic mass is 10.0. The maximum Gasteiger partial charge on any atom is 0.152 e. The Morgan fingerprint density at radius 1 is 0.526 bits per heavy atom. The van der Waals surface area contributed by atoms with Crippen LogP contribution in [0.1, 0.15) is 102 Å². The van der Waals surface area contributed by atoms with Gasteiger partial charge in [-0.3, -0.25) is 0 Å². The molecule has 0 saturated carbocycles. The van der Waals surface area contributed by atoms with Gasteiger partial charge in [0.1, 0.15) is 0 Å². The molecular formula is C34H44N2S2. The lowest BCUT2D eigenvalue weighted by Crippen LogP contribution is -1.88. The molecular weight excluding hydrogens is 501 g/mol. The van der Waals surface area contributed by atoms with Gasteiger partial charge in [0.15, 0.2) is 10.0 Å². The highest BCUT2D eigenvalue weighted by Gasteiger charge is 2.12. The van der Waals surface area contributed by atoms with E-state index in [9.17, 15) is 0 Å². The van der Waals surface area contributed by atoms with Crippen LogP contribution in [0.3, 0.4) is 0 Å². The summed E-state index contributed by atoms with van der Waals surface area (Å²) < 4.78 is 0. The second kappa shape index (κ2) is 16.0.